The third-order valence-electron chi connectivity index (χ3n) is 2.50. The van der Waals surface area contributed by atoms with Crippen LogP contribution in [0.5, 0.6) is 0 Å². The summed E-state index contributed by atoms with van der Waals surface area (Å²) in [6.45, 7) is 3.53. The highest BCUT2D eigenvalue weighted by atomic mass is 16.1. The number of primary amides is 1. The molecule has 0 aliphatic rings. The predicted octanol–water partition coefficient (Wildman–Crippen LogP) is 0.368. The van der Waals surface area contributed by atoms with Gasteiger partial charge in [-0.3, -0.25) is 9.36 Å². The van der Waals surface area contributed by atoms with Gasteiger partial charge < -0.3 is 11.5 Å². The fourth-order valence-electron chi connectivity index (χ4n) is 1.60. The molecule has 16 heavy (non-hydrogen) atoms. The van der Waals surface area contributed by atoms with E-state index in [9.17, 15) is 4.79 Å². The molecule has 1 unspecified atom stereocenters. The van der Waals surface area contributed by atoms with Crippen LogP contribution in [0.4, 0.5) is 5.95 Å². The summed E-state index contributed by atoms with van der Waals surface area (Å²) >= 11 is 0. The van der Waals surface area contributed by atoms with Crippen molar-refractivity contribution in [1.82, 2.24) is 14.5 Å². The Labute approximate surface area is 92.3 Å². The number of aryl methyl sites for hydroxylation is 1. The molecular weight excluding hydrogens is 206 g/mol. The van der Waals surface area contributed by atoms with Gasteiger partial charge >= 0.3 is 0 Å². The highest BCUT2D eigenvalue weighted by Crippen LogP contribution is 2.21. The number of hydrogen-bond donors (Lipinski definition) is 2. The van der Waals surface area contributed by atoms with Crippen molar-refractivity contribution >= 4 is 23.0 Å². The Morgan fingerprint density at radius 3 is 2.75 bits per heavy atom. The lowest BCUT2D eigenvalue weighted by Gasteiger charge is -2.11. The third kappa shape index (κ3) is 1.48. The number of amides is 1. The van der Waals surface area contributed by atoms with E-state index in [0.717, 1.165) is 5.69 Å². The van der Waals surface area contributed by atoms with Crippen LogP contribution in [0.25, 0.3) is 11.2 Å². The lowest BCUT2D eigenvalue weighted by Crippen LogP contribution is -2.25. The molecule has 1 amide bonds. The molecule has 0 radical (unpaired) electrons. The molecular formula is C10H13N5O. The van der Waals surface area contributed by atoms with Crippen LogP contribution in [0.2, 0.25) is 0 Å². The first-order valence-corrected chi connectivity index (χ1v) is 4.91. The van der Waals surface area contributed by atoms with Crippen LogP contribution in [0.3, 0.4) is 0 Å². The molecule has 2 aromatic rings. The Kier molecular flexibility index (Phi) is 2.26. The molecule has 4 N–H and O–H groups in total. The largest absolute Gasteiger partial charge is 0.369 e. The smallest absolute Gasteiger partial charge is 0.240 e. The van der Waals surface area contributed by atoms with Crippen molar-refractivity contribution < 1.29 is 4.79 Å². The molecule has 0 saturated carbocycles. The zero-order valence-electron chi connectivity index (χ0n) is 9.14. The number of nitrogens with two attached hydrogens (primary N) is 2. The van der Waals surface area contributed by atoms with E-state index in [0.29, 0.717) is 11.2 Å². The maximum absolute atomic E-state index is 11.2. The number of carbonyl (C=O) groups excluding carboxylic acids is 1. The second kappa shape index (κ2) is 3.48. The monoisotopic (exact) mass is 219 g/mol. The van der Waals surface area contributed by atoms with Crippen molar-refractivity contribution in [2.45, 2.75) is 19.9 Å². The fraction of sp³-hybridized carbons (Fsp3) is 0.300. The first kappa shape index (κ1) is 10.4. The highest BCUT2D eigenvalue weighted by molar-refractivity contribution is 5.82. The minimum absolute atomic E-state index is 0.249. The van der Waals surface area contributed by atoms with E-state index in [1.54, 1.807) is 11.5 Å². The van der Waals surface area contributed by atoms with Crippen molar-refractivity contribution in [1.29, 1.82) is 0 Å². The summed E-state index contributed by atoms with van der Waals surface area (Å²) in [6.07, 6.45) is 0. The number of nitrogens with zero attached hydrogens (tertiary/aromatic N) is 3. The molecule has 2 aromatic heterocycles. The van der Waals surface area contributed by atoms with Crippen LogP contribution in [0.1, 0.15) is 18.7 Å². The van der Waals surface area contributed by atoms with Crippen molar-refractivity contribution in [2.75, 3.05) is 5.73 Å². The zero-order chi connectivity index (χ0) is 11.9. The Bertz CT molecular complexity index is 560. The van der Waals surface area contributed by atoms with Gasteiger partial charge in [-0.1, -0.05) is 0 Å². The number of fused-ring (bicyclic) bond motifs is 1. The molecule has 0 aliphatic heterocycles. The third-order valence-corrected chi connectivity index (χ3v) is 2.50. The maximum atomic E-state index is 11.2. The SMILES string of the molecule is Cc1ccc2nc(N)n(C(C)C(N)=O)c2n1. The van der Waals surface area contributed by atoms with Gasteiger partial charge in [0.1, 0.15) is 11.6 Å². The molecule has 1 atom stereocenters. The Balaban J connectivity index is 2.72. The lowest BCUT2D eigenvalue weighted by atomic mass is 10.3. The highest BCUT2D eigenvalue weighted by Gasteiger charge is 2.18. The molecule has 6 nitrogen and oxygen atoms in total. The van der Waals surface area contributed by atoms with Gasteiger partial charge in [0, 0.05) is 5.69 Å². The second-order valence-electron chi connectivity index (χ2n) is 3.71. The molecule has 2 heterocycles. The summed E-state index contributed by atoms with van der Waals surface area (Å²) in [5.74, 6) is -0.214. The number of nitrogen functional groups attached to an aromatic ring is 1. The average Bonchev–Trinajstić information content (AvgIpc) is 2.52. The first-order valence-electron chi connectivity index (χ1n) is 4.91. The quantitative estimate of drug-likeness (QED) is 0.761. The molecule has 0 spiro atoms. The summed E-state index contributed by atoms with van der Waals surface area (Å²) in [5, 5.41) is 0. The van der Waals surface area contributed by atoms with Gasteiger partial charge in [-0.2, -0.15) is 0 Å². The zero-order valence-corrected chi connectivity index (χ0v) is 9.14. The molecule has 0 saturated heterocycles. The second-order valence-corrected chi connectivity index (χ2v) is 3.71. The number of carbonyl (C=O) groups is 1. The van der Waals surface area contributed by atoms with E-state index in [2.05, 4.69) is 9.97 Å². The van der Waals surface area contributed by atoms with E-state index in [-0.39, 0.29) is 5.95 Å². The molecule has 2 rings (SSSR count). The fourth-order valence-corrected chi connectivity index (χ4v) is 1.60. The topological polar surface area (TPSA) is 99.8 Å². The van der Waals surface area contributed by atoms with Crippen molar-refractivity contribution in [2.24, 2.45) is 5.73 Å². The van der Waals surface area contributed by atoms with E-state index in [4.69, 9.17) is 11.5 Å². The number of anilines is 1. The van der Waals surface area contributed by atoms with Gasteiger partial charge in [-0.25, -0.2) is 9.97 Å². The summed E-state index contributed by atoms with van der Waals surface area (Å²) in [7, 11) is 0. The van der Waals surface area contributed by atoms with Crippen LogP contribution in [-0.4, -0.2) is 20.4 Å². The summed E-state index contributed by atoms with van der Waals surface area (Å²) in [4.78, 5) is 19.6. The number of aromatic nitrogens is 3. The van der Waals surface area contributed by atoms with Gasteiger partial charge in [0.15, 0.2) is 5.65 Å². The van der Waals surface area contributed by atoms with Crippen molar-refractivity contribution in [3.63, 3.8) is 0 Å². The molecule has 6 heteroatoms. The minimum Gasteiger partial charge on any atom is -0.369 e. The standard InChI is InChI=1S/C10H13N5O/c1-5-3-4-7-9(13-5)15(10(12)14-7)6(2)8(11)16/h3-4,6H,1-2H3,(H2,11,16)(H2,12,14). The molecule has 0 aliphatic carbocycles. The number of rotatable bonds is 2. The van der Waals surface area contributed by atoms with E-state index >= 15 is 0 Å². The van der Waals surface area contributed by atoms with Crippen LogP contribution in [0, 0.1) is 6.92 Å². The van der Waals surface area contributed by atoms with E-state index in [1.807, 2.05) is 19.1 Å². The van der Waals surface area contributed by atoms with E-state index < -0.39 is 11.9 Å². The molecule has 0 bridgehead atoms. The number of hydrogen-bond acceptors (Lipinski definition) is 4. The number of pyridine rings is 1. The van der Waals surface area contributed by atoms with Crippen LogP contribution in [0.15, 0.2) is 12.1 Å². The Morgan fingerprint density at radius 1 is 1.44 bits per heavy atom. The molecule has 0 aromatic carbocycles. The van der Waals surface area contributed by atoms with Crippen molar-refractivity contribution in [3.8, 4) is 0 Å². The van der Waals surface area contributed by atoms with E-state index in [1.165, 1.54) is 0 Å². The maximum Gasteiger partial charge on any atom is 0.240 e. The first-order chi connectivity index (χ1) is 7.50. The molecule has 0 fully saturated rings. The minimum atomic E-state index is -0.556. The van der Waals surface area contributed by atoms with Crippen LogP contribution >= 0.6 is 0 Å². The number of imidazole rings is 1. The summed E-state index contributed by atoms with van der Waals surface area (Å²) in [6, 6.07) is 3.10. The normalized spacial score (nSPS) is 12.9. The van der Waals surface area contributed by atoms with Crippen LogP contribution in [-0.2, 0) is 4.79 Å². The van der Waals surface area contributed by atoms with Crippen LogP contribution < -0.4 is 11.5 Å². The van der Waals surface area contributed by atoms with Gasteiger partial charge in [0.05, 0.1) is 0 Å². The van der Waals surface area contributed by atoms with Gasteiger partial charge in [0.25, 0.3) is 0 Å². The van der Waals surface area contributed by atoms with Gasteiger partial charge in [0.2, 0.25) is 11.9 Å². The summed E-state index contributed by atoms with van der Waals surface area (Å²) < 4.78 is 1.55. The Morgan fingerprint density at radius 2 is 2.12 bits per heavy atom. The molecule has 84 valence electrons. The van der Waals surface area contributed by atoms with Gasteiger partial charge in [-0.15, -0.1) is 0 Å². The predicted molar refractivity (Wildman–Crippen MR) is 60.6 cm³/mol. The summed E-state index contributed by atoms with van der Waals surface area (Å²) in [5.41, 5.74) is 13.1. The lowest BCUT2D eigenvalue weighted by molar-refractivity contribution is -0.120. The Hall–Kier alpha value is -2.11. The van der Waals surface area contributed by atoms with Gasteiger partial charge in [-0.05, 0) is 26.0 Å². The van der Waals surface area contributed by atoms with Crippen molar-refractivity contribution in [3.05, 3.63) is 17.8 Å². The average molecular weight is 219 g/mol.